The molecule has 2 aromatic rings. The minimum atomic E-state index is -0.505. The molecule has 0 fully saturated rings. The molecule has 2 aromatic heterocycles. The Morgan fingerprint density at radius 1 is 1.28 bits per heavy atom. The van der Waals surface area contributed by atoms with Crippen LogP contribution in [0.1, 0.15) is 5.69 Å². The molecule has 2 rings (SSSR count). The summed E-state index contributed by atoms with van der Waals surface area (Å²) in [6.45, 7) is 1.84. The summed E-state index contributed by atoms with van der Waals surface area (Å²) in [5.74, 6) is 0.330. The normalized spacial score (nSPS) is 10.1. The maximum atomic E-state index is 10.9. The third kappa shape index (κ3) is 2.24. The Kier molecular flexibility index (Phi) is 3.13. The van der Waals surface area contributed by atoms with Gasteiger partial charge in [0, 0.05) is 24.5 Å². The maximum Gasteiger partial charge on any atom is 0.313 e. The minimum Gasteiger partial charge on any atom is -0.357 e. The molecule has 0 aliphatic carbocycles. The van der Waals surface area contributed by atoms with Crippen molar-refractivity contribution in [1.29, 1.82) is 0 Å². The lowest BCUT2D eigenvalue weighted by atomic mass is 10.1. The lowest BCUT2D eigenvalue weighted by Crippen LogP contribution is -2.01. The predicted octanol–water partition coefficient (Wildman–Crippen LogP) is 1.80. The summed E-state index contributed by atoms with van der Waals surface area (Å²) >= 11 is 0. The van der Waals surface area contributed by atoms with Gasteiger partial charge >= 0.3 is 5.69 Å². The quantitative estimate of drug-likeness (QED) is 0.654. The first-order chi connectivity index (χ1) is 8.61. The molecule has 0 amide bonds. The van der Waals surface area contributed by atoms with Crippen LogP contribution in [-0.4, -0.2) is 26.9 Å². The first-order valence-corrected chi connectivity index (χ1v) is 5.24. The SMILES string of the molecule is CNc1ncc([N+](=O)[O-])c(-c2ccc(C)nc2)n1. The number of pyridine rings is 1. The predicted molar refractivity (Wildman–Crippen MR) is 66.2 cm³/mol. The summed E-state index contributed by atoms with van der Waals surface area (Å²) < 4.78 is 0. The molecular weight excluding hydrogens is 234 g/mol. The van der Waals surface area contributed by atoms with Crippen LogP contribution in [0.25, 0.3) is 11.3 Å². The van der Waals surface area contributed by atoms with Gasteiger partial charge in [0.2, 0.25) is 5.95 Å². The standard InChI is InChI=1S/C11H11N5O2/c1-7-3-4-8(5-13-7)10-9(16(17)18)6-14-11(12-2)15-10/h3-6H,1-2H3,(H,12,14,15). The number of aromatic nitrogens is 3. The fraction of sp³-hybridized carbons (Fsp3) is 0.182. The summed E-state index contributed by atoms with van der Waals surface area (Å²) in [5, 5.41) is 13.7. The summed E-state index contributed by atoms with van der Waals surface area (Å²) in [4.78, 5) is 22.5. The molecule has 0 saturated heterocycles. The lowest BCUT2D eigenvalue weighted by molar-refractivity contribution is -0.384. The highest BCUT2D eigenvalue weighted by molar-refractivity contribution is 5.69. The van der Waals surface area contributed by atoms with Gasteiger partial charge in [-0.25, -0.2) is 9.97 Å². The van der Waals surface area contributed by atoms with Crippen LogP contribution in [-0.2, 0) is 0 Å². The Labute approximate surface area is 103 Å². The van der Waals surface area contributed by atoms with Gasteiger partial charge < -0.3 is 5.32 Å². The highest BCUT2D eigenvalue weighted by Crippen LogP contribution is 2.27. The Morgan fingerprint density at radius 3 is 2.61 bits per heavy atom. The molecule has 0 spiro atoms. The average Bonchev–Trinajstić information content (AvgIpc) is 2.38. The van der Waals surface area contributed by atoms with Gasteiger partial charge in [-0.2, -0.15) is 0 Å². The smallest absolute Gasteiger partial charge is 0.313 e. The lowest BCUT2D eigenvalue weighted by Gasteiger charge is -2.04. The van der Waals surface area contributed by atoms with Crippen molar-refractivity contribution in [3.63, 3.8) is 0 Å². The number of nitro groups is 1. The van der Waals surface area contributed by atoms with E-state index in [-0.39, 0.29) is 11.4 Å². The minimum absolute atomic E-state index is 0.139. The zero-order valence-corrected chi connectivity index (χ0v) is 9.91. The monoisotopic (exact) mass is 245 g/mol. The van der Waals surface area contributed by atoms with Gasteiger partial charge in [0.25, 0.3) is 0 Å². The van der Waals surface area contributed by atoms with Gasteiger partial charge in [0.05, 0.1) is 4.92 Å². The van der Waals surface area contributed by atoms with Crippen molar-refractivity contribution in [3.05, 3.63) is 40.3 Å². The largest absolute Gasteiger partial charge is 0.357 e. The van der Waals surface area contributed by atoms with Crippen LogP contribution in [0.4, 0.5) is 11.6 Å². The molecule has 92 valence electrons. The fourth-order valence-electron chi connectivity index (χ4n) is 1.45. The highest BCUT2D eigenvalue weighted by Gasteiger charge is 2.18. The third-order valence-electron chi connectivity index (χ3n) is 2.37. The van der Waals surface area contributed by atoms with Gasteiger partial charge in [0.15, 0.2) is 5.69 Å². The fourth-order valence-corrected chi connectivity index (χ4v) is 1.45. The van der Waals surface area contributed by atoms with Crippen LogP contribution >= 0.6 is 0 Å². The van der Waals surface area contributed by atoms with Crippen molar-refractivity contribution in [2.45, 2.75) is 6.92 Å². The van der Waals surface area contributed by atoms with Gasteiger partial charge in [-0.3, -0.25) is 15.1 Å². The van der Waals surface area contributed by atoms with Crippen molar-refractivity contribution in [1.82, 2.24) is 15.0 Å². The molecule has 2 heterocycles. The number of hydrogen-bond donors (Lipinski definition) is 1. The Hall–Kier alpha value is -2.57. The van der Waals surface area contributed by atoms with Crippen LogP contribution in [0, 0.1) is 17.0 Å². The van der Waals surface area contributed by atoms with E-state index in [0.29, 0.717) is 11.5 Å². The number of nitrogens with one attached hydrogen (secondary N) is 1. The van der Waals surface area contributed by atoms with Crippen molar-refractivity contribution >= 4 is 11.6 Å². The molecule has 0 bridgehead atoms. The Bertz CT molecular complexity index is 582. The van der Waals surface area contributed by atoms with E-state index in [2.05, 4.69) is 20.3 Å². The second-order valence-electron chi connectivity index (χ2n) is 3.62. The van der Waals surface area contributed by atoms with E-state index in [9.17, 15) is 10.1 Å². The number of rotatable bonds is 3. The summed E-state index contributed by atoms with van der Waals surface area (Å²) in [6, 6.07) is 3.53. The second kappa shape index (κ2) is 4.74. The third-order valence-corrected chi connectivity index (χ3v) is 2.37. The zero-order chi connectivity index (χ0) is 13.1. The van der Waals surface area contributed by atoms with E-state index in [0.717, 1.165) is 5.69 Å². The van der Waals surface area contributed by atoms with Gasteiger partial charge in [-0.15, -0.1) is 0 Å². The van der Waals surface area contributed by atoms with Gasteiger partial charge in [-0.05, 0) is 19.1 Å². The van der Waals surface area contributed by atoms with Crippen molar-refractivity contribution in [3.8, 4) is 11.3 Å². The first kappa shape index (κ1) is 11.9. The van der Waals surface area contributed by atoms with E-state index in [4.69, 9.17) is 0 Å². The van der Waals surface area contributed by atoms with Crippen molar-refractivity contribution < 1.29 is 4.92 Å². The molecule has 0 radical (unpaired) electrons. The summed E-state index contributed by atoms with van der Waals surface area (Å²) in [5.41, 5.74) is 1.54. The van der Waals surface area contributed by atoms with Crippen LogP contribution in [0.15, 0.2) is 24.5 Å². The molecule has 1 N–H and O–H groups in total. The van der Waals surface area contributed by atoms with Crippen molar-refractivity contribution in [2.75, 3.05) is 12.4 Å². The molecule has 0 saturated carbocycles. The second-order valence-corrected chi connectivity index (χ2v) is 3.62. The van der Waals surface area contributed by atoms with Crippen LogP contribution in [0.2, 0.25) is 0 Å². The number of hydrogen-bond acceptors (Lipinski definition) is 6. The van der Waals surface area contributed by atoms with E-state index in [1.807, 2.05) is 6.92 Å². The summed E-state index contributed by atoms with van der Waals surface area (Å²) in [7, 11) is 1.65. The van der Waals surface area contributed by atoms with Crippen LogP contribution in [0.3, 0.4) is 0 Å². The van der Waals surface area contributed by atoms with Crippen molar-refractivity contribution in [2.24, 2.45) is 0 Å². The highest BCUT2D eigenvalue weighted by atomic mass is 16.6. The molecule has 0 aliphatic heterocycles. The Balaban J connectivity index is 2.59. The average molecular weight is 245 g/mol. The first-order valence-electron chi connectivity index (χ1n) is 5.24. The van der Waals surface area contributed by atoms with E-state index >= 15 is 0 Å². The molecule has 18 heavy (non-hydrogen) atoms. The summed E-state index contributed by atoms with van der Waals surface area (Å²) in [6.07, 6.45) is 2.75. The molecule has 0 aliphatic rings. The molecule has 7 heteroatoms. The molecule has 7 nitrogen and oxygen atoms in total. The zero-order valence-electron chi connectivity index (χ0n) is 9.91. The molecule has 0 unspecified atom stereocenters. The van der Waals surface area contributed by atoms with Gasteiger partial charge in [-0.1, -0.05) is 0 Å². The molecule has 0 aromatic carbocycles. The van der Waals surface area contributed by atoms with E-state index < -0.39 is 4.92 Å². The van der Waals surface area contributed by atoms with E-state index in [1.165, 1.54) is 6.20 Å². The number of aryl methyl sites for hydroxylation is 1. The van der Waals surface area contributed by atoms with Crippen LogP contribution in [0.5, 0.6) is 0 Å². The Morgan fingerprint density at radius 2 is 2.06 bits per heavy atom. The molecule has 0 atom stereocenters. The maximum absolute atomic E-state index is 10.9. The topological polar surface area (TPSA) is 93.8 Å². The van der Waals surface area contributed by atoms with E-state index in [1.54, 1.807) is 25.4 Å². The number of anilines is 1. The van der Waals surface area contributed by atoms with Gasteiger partial charge in [0.1, 0.15) is 6.20 Å². The number of nitrogens with zero attached hydrogens (tertiary/aromatic N) is 4. The van der Waals surface area contributed by atoms with Crippen LogP contribution < -0.4 is 5.32 Å². The molecular formula is C11H11N5O2.